The highest BCUT2D eigenvalue weighted by Crippen LogP contribution is 2.33. The molecular weight excluding hydrogens is 195 g/mol. The third-order valence-electron chi connectivity index (χ3n) is 3.01. The van der Waals surface area contributed by atoms with E-state index in [2.05, 4.69) is 0 Å². The van der Waals surface area contributed by atoms with Gasteiger partial charge >= 0.3 is 0 Å². The number of aliphatic hydroxyl groups excluding tert-OH is 1. The number of rotatable bonds is 2. The van der Waals surface area contributed by atoms with Gasteiger partial charge in [0.15, 0.2) is 0 Å². The van der Waals surface area contributed by atoms with Crippen molar-refractivity contribution in [2.24, 2.45) is 0 Å². The maximum absolute atomic E-state index is 13.9. The molecule has 0 heterocycles. The van der Waals surface area contributed by atoms with Crippen LogP contribution >= 0.6 is 0 Å². The number of fused-ring (bicyclic) bond motifs is 1. The number of aliphatic hydroxyl groups is 1. The van der Waals surface area contributed by atoms with Gasteiger partial charge in [-0.25, -0.2) is 4.39 Å². The van der Waals surface area contributed by atoms with E-state index in [0.29, 0.717) is 5.56 Å². The Bertz CT molecular complexity index is 374. The van der Waals surface area contributed by atoms with E-state index in [0.717, 1.165) is 42.6 Å². The largest absolute Gasteiger partial charge is 0.496 e. The molecule has 0 amide bonds. The third-order valence-corrected chi connectivity index (χ3v) is 3.01. The molecule has 1 aromatic rings. The Kier molecular flexibility index (Phi) is 2.91. The van der Waals surface area contributed by atoms with E-state index >= 15 is 0 Å². The van der Waals surface area contributed by atoms with Crippen LogP contribution < -0.4 is 4.74 Å². The van der Waals surface area contributed by atoms with E-state index < -0.39 is 0 Å². The zero-order chi connectivity index (χ0) is 10.8. The van der Waals surface area contributed by atoms with Gasteiger partial charge in [-0.15, -0.1) is 0 Å². The van der Waals surface area contributed by atoms with E-state index in [-0.39, 0.29) is 12.4 Å². The molecule has 0 aliphatic heterocycles. The van der Waals surface area contributed by atoms with Crippen molar-refractivity contribution < 1.29 is 14.2 Å². The first-order valence-corrected chi connectivity index (χ1v) is 5.26. The second kappa shape index (κ2) is 4.19. The summed E-state index contributed by atoms with van der Waals surface area (Å²) >= 11 is 0. The molecule has 2 nitrogen and oxygen atoms in total. The molecule has 82 valence electrons. The van der Waals surface area contributed by atoms with Crippen LogP contribution in [-0.2, 0) is 19.4 Å². The highest BCUT2D eigenvalue weighted by Gasteiger charge is 2.20. The molecule has 1 aliphatic carbocycles. The predicted octanol–water partition coefficient (Wildman–Crippen LogP) is 2.21. The lowest BCUT2D eigenvalue weighted by molar-refractivity contribution is 0.273. The van der Waals surface area contributed by atoms with Crippen molar-refractivity contribution >= 4 is 0 Å². The van der Waals surface area contributed by atoms with Crippen molar-refractivity contribution in [2.45, 2.75) is 32.3 Å². The summed E-state index contributed by atoms with van der Waals surface area (Å²) in [7, 11) is 1.59. The molecule has 0 saturated carbocycles. The fourth-order valence-corrected chi connectivity index (χ4v) is 2.22. The van der Waals surface area contributed by atoms with Crippen molar-refractivity contribution in [3.63, 3.8) is 0 Å². The first-order chi connectivity index (χ1) is 7.27. The van der Waals surface area contributed by atoms with Gasteiger partial charge in [0.25, 0.3) is 0 Å². The van der Waals surface area contributed by atoms with Crippen molar-refractivity contribution in [3.8, 4) is 5.75 Å². The molecule has 3 heteroatoms. The summed E-state index contributed by atoms with van der Waals surface area (Å²) in [6.45, 7) is -0.268. The number of halogens is 1. The van der Waals surface area contributed by atoms with Gasteiger partial charge in [-0.05, 0) is 37.3 Å². The van der Waals surface area contributed by atoms with E-state index in [4.69, 9.17) is 9.84 Å². The molecule has 0 bridgehead atoms. The van der Waals surface area contributed by atoms with Crippen LogP contribution in [-0.4, -0.2) is 12.2 Å². The number of ether oxygens (including phenoxy) is 1. The van der Waals surface area contributed by atoms with Gasteiger partial charge in [-0.3, -0.25) is 0 Å². The van der Waals surface area contributed by atoms with Crippen LogP contribution in [0.4, 0.5) is 4.39 Å². The fourth-order valence-electron chi connectivity index (χ4n) is 2.22. The maximum Gasteiger partial charge on any atom is 0.132 e. The van der Waals surface area contributed by atoms with Gasteiger partial charge < -0.3 is 9.84 Å². The van der Waals surface area contributed by atoms with E-state index in [1.807, 2.05) is 0 Å². The summed E-state index contributed by atoms with van der Waals surface area (Å²) in [6.07, 6.45) is 3.73. The van der Waals surface area contributed by atoms with Crippen LogP contribution in [0, 0.1) is 5.82 Å². The Morgan fingerprint density at radius 2 is 2.00 bits per heavy atom. The summed E-state index contributed by atoms with van der Waals surface area (Å²) in [4.78, 5) is 0. The van der Waals surface area contributed by atoms with Crippen molar-refractivity contribution in [1.82, 2.24) is 0 Å². The average molecular weight is 210 g/mol. The Hall–Kier alpha value is -1.09. The molecular formula is C12H15FO2. The lowest BCUT2D eigenvalue weighted by atomic mass is 9.89. The van der Waals surface area contributed by atoms with Crippen LogP contribution in [0.5, 0.6) is 5.75 Å². The van der Waals surface area contributed by atoms with Crippen LogP contribution in [0.1, 0.15) is 29.5 Å². The number of hydrogen-bond donors (Lipinski definition) is 1. The molecule has 0 radical (unpaired) electrons. The minimum atomic E-state index is -0.268. The summed E-state index contributed by atoms with van der Waals surface area (Å²) < 4.78 is 19.1. The van der Waals surface area contributed by atoms with Crippen LogP contribution in [0.15, 0.2) is 6.07 Å². The lowest BCUT2D eigenvalue weighted by Gasteiger charge is -2.20. The number of methoxy groups -OCH3 is 1. The summed E-state index contributed by atoms with van der Waals surface area (Å²) in [6, 6.07) is 1.61. The normalized spacial score (nSPS) is 14.9. The topological polar surface area (TPSA) is 29.5 Å². The third kappa shape index (κ3) is 1.72. The van der Waals surface area contributed by atoms with E-state index in [1.54, 1.807) is 13.2 Å². The highest BCUT2D eigenvalue weighted by molar-refractivity contribution is 5.46. The first-order valence-electron chi connectivity index (χ1n) is 5.26. The van der Waals surface area contributed by atoms with E-state index in [9.17, 15) is 4.39 Å². The van der Waals surface area contributed by atoms with Crippen molar-refractivity contribution in [3.05, 3.63) is 28.6 Å². The standard InChI is InChI=1S/C12H15FO2/c1-15-11-6-8(7-14)12(13)10-5-3-2-4-9(10)11/h6,14H,2-5,7H2,1H3. The summed E-state index contributed by atoms with van der Waals surface area (Å²) in [5, 5.41) is 9.04. The lowest BCUT2D eigenvalue weighted by Crippen LogP contribution is -2.10. The molecule has 1 aromatic carbocycles. The second-order valence-electron chi connectivity index (χ2n) is 3.87. The molecule has 0 fully saturated rings. The maximum atomic E-state index is 13.9. The summed E-state index contributed by atoms with van der Waals surface area (Å²) in [5.74, 6) is 0.475. The quantitative estimate of drug-likeness (QED) is 0.811. The predicted molar refractivity (Wildman–Crippen MR) is 55.5 cm³/mol. The smallest absolute Gasteiger partial charge is 0.132 e. The molecule has 0 unspecified atom stereocenters. The van der Waals surface area contributed by atoms with Crippen LogP contribution in [0.3, 0.4) is 0 Å². The monoisotopic (exact) mass is 210 g/mol. The molecule has 1 N–H and O–H groups in total. The summed E-state index contributed by atoms with van der Waals surface area (Å²) in [5.41, 5.74) is 2.07. The molecule has 1 aliphatic rings. The fraction of sp³-hybridized carbons (Fsp3) is 0.500. The van der Waals surface area contributed by atoms with Gasteiger partial charge in [0, 0.05) is 11.1 Å². The van der Waals surface area contributed by atoms with Crippen molar-refractivity contribution in [1.29, 1.82) is 0 Å². The Morgan fingerprint density at radius 1 is 1.33 bits per heavy atom. The number of benzene rings is 1. The van der Waals surface area contributed by atoms with Gasteiger partial charge in [0.2, 0.25) is 0 Å². The van der Waals surface area contributed by atoms with Crippen LogP contribution in [0.25, 0.3) is 0 Å². The number of hydrogen-bond acceptors (Lipinski definition) is 2. The Labute approximate surface area is 88.7 Å². The Balaban J connectivity index is 2.58. The molecule has 0 spiro atoms. The van der Waals surface area contributed by atoms with Crippen molar-refractivity contribution in [2.75, 3.05) is 7.11 Å². The molecule has 15 heavy (non-hydrogen) atoms. The van der Waals surface area contributed by atoms with Crippen LogP contribution in [0.2, 0.25) is 0 Å². The van der Waals surface area contributed by atoms with E-state index in [1.165, 1.54) is 0 Å². The SMILES string of the molecule is COc1cc(CO)c(F)c2c1CCCC2. The molecule has 0 saturated heterocycles. The molecule has 2 rings (SSSR count). The van der Waals surface area contributed by atoms with Gasteiger partial charge in [-0.2, -0.15) is 0 Å². The molecule has 0 atom stereocenters. The highest BCUT2D eigenvalue weighted by atomic mass is 19.1. The van der Waals surface area contributed by atoms with Gasteiger partial charge in [0.05, 0.1) is 13.7 Å². The Morgan fingerprint density at radius 3 is 2.60 bits per heavy atom. The first kappa shape index (κ1) is 10.4. The van der Waals surface area contributed by atoms with Gasteiger partial charge in [-0.1, -0.05) is 0 Å². The minimum Gasteiger partial charge on any atom is -0.496 e. The van der Waals surface area contributed by atoms with Gasteiger partial charge in [0.1, 0.15) is 11.6 Å². The minimum absolute atomic E-state index is 0.243. The zero-order valence-corrected chi connectivity index (χ0v) is 8.85. The second-order valence-corrected chi connectivity index (χ2v) is 3.87. The zero-order valence-electron chi connectivity index (χ0n) is 8.85. The average Bonchev–Trinajstić information content (AvgIpc) is 2.30. The molecule has 0 aromatic heterocycles.